The number of hydrogen-bond acceptors (Lipinski definition) is 3. The maximum Gasteiger partial charge on any atom is 0.257 e. The number of rotatable bonds is 5. The van der Waals surface area contributed by atoms with Crippen LogP contribution in [0.3, 0.4) is 0 Å². The first-order valence-electron chi connectivity index (χ1n) is 7.98. The van der Waals surface area contributed by atoms with Crippen molar-refractivity contribution in [2.45, 2.75) is 19.4 Å². The van der Waals surface area contributed by atoms with Gasteiger partial charge < -0.3 is 4.90 Å². The first kappa shape index (κ1) is 15.9. The molecule has 1 amide bonds. The number of benzene rings is 1. The van der Waals surface area contributed by atoms with Crippen LogP contribution in [-0.4, -0.2) is 33.0 Å². The van der Waals surface area contributed by atoms with Gasteiger partial charge in [0.05, 0.1) is 23.5 Å². The predicted molar refractivity (Wildman–Crippen MR) is 93.4 cm³/mol. The number of hydrogen-bond donors (Lipinski definition) is 1. The van der Waals surface area contributed by atoms with Crippen molar-refractivity contribution in [1.82, 2.24) is 20.1 Å². The highest BCUT2D eigenvalue weighted by molar-refractivity contribution is 5.99. The van der Waals surface area contributed by atoms with E-state index in [0.29, 0.717) is 5.56 Å². The molecule has 1 N–H and O–H groups in total. The first-order chi connectivity index (χ1) is 11.7. The van der Waals surface area contributed by atoms with Gasteiger partial charge in [0.2, 0.25) is 0 Å². The Morgan fingerprint density at radius 2 is 1.96 bits per heavy atom. The van der Waals surface area contributed by atoms with Crippen LogP contribution in [0.1, 0.15) is 35.3 Å². The Morgan fingerprint density at radius 3 is 2.62 bits per heavy atom. The molecule has 0 aliphatic carbocycles. The molecule has 1 atom stereocenters. The molecule has 0 aliphatic rings. The molecule has 0 saturated heterocycles. The quantitative estimate of drug-likeness (QED) is 0.780. The Kier molecular flexibility index (Phi) is 4.70. The van der Waals surface area contributed by atoms with Crippen molar-refractivity contribution >= 4 is 5.91 Å². The van der Waals surface area contributed by atoms with E-state index in [1.165, 1.54) is 0 Å². The summed E-state index contributed by atoms with van der Waals surface area (Å²) in [7, 11) is 1.82. The number of carbonyl (C=O) groups is 1. The number of aromatic nitrogens is 3. The monoisotopic (exact) mass is 320 g/mol. The topological polar surface area (TPSA) is 61.9 Å². The lowest BCUT2D eigenvalue weighted by Gasteiger charge is -2.27. The van der Waals surface area contributed by atoms with Crippen molar-refractivity contribution in [3.05, 3.63) is 72.2 Å². The van der Waals surface area contributed by atoms with Crippen LogP contribution in [0.25, 0.3) is 11.3 Å². The summed E-state index contributed by atoms with van der Waals surface area (Å²) in [5, 5.41) is 7.02. The average Bonchev–Trinajstić information content (AvgIpc) is 3.13. The zero-order valence-corrected chi connectivity index (χ0v) is 13.8. The number of nitrogens with one attached hydrogen (secondary N) is 1. The van der Waals surface area contributed by atoms with E-state index in [9.17, 15) is 4.79 Å². The van der Waals surface area contributed by atoms with Crippen LogP contribution in [0.4, 0.5) is 0 Å². The molecule has 0 radical (unpaired) electrons. The number of H-pyrrole nitrogens is 1. The van der Waals surface area contributed by atoms with Gasteiger partial charge in [-0.25, -0.2) is 0 Å². The largest absolute Gasteiger partial charge is 0.335 e. The maximum absolute atomic E-state index is 13.0. The van der Waals surface area contributed by atoms with Crippen molar-refractivity contribution < 1.29 is 4.79 Å². The Hall–Kier alpha value is -2.95. The van der Waals surface area contributed by atoms with Crippen LogP contribution < -0.4 is 0 Å². The predicted octanol–water partition coefficient (Wildman–Crippen LogP) is 3.70. The van der Waals surface area contributed by atoms with Crippen LogP contribution in [0.5, 0.6) is 0 Å². The van der Waals surface area contributed by atoms with Crippen molar-refractivity contribution in [3.63, 3.8) is 0 Å². The highest BCUT2D eigenvalue weighted by atomic mass is 16.2. The van der Waals surface area contributed by atoms with Crippen molar-refractivity contribution in [2.24, 2.45) is 0 Å². The third-order valence-electron chi connectivity index (χ3n) is 4.18. The summed E-state index contributed by atoms with van der Waals surface area (Å²) in [4.78, 5) is 18.9. The minimum atomic E-state index is -0.0571. The lowest BCUT2D eigenvalue weighted by Crippen LogP contribution is -2.31. The van der Waals surface area contributed by atoms with E-state index in [-0.39, 0.29) is 11.9 Å². The zero-order valence-electron chi connectivity index (χ0n) is 13.8. The van der Waals surface area contributed by atoms with E-state index in [2.05, 4.69) is 22.1 Å². The van der Waals surface area contributed by atoms with Crippen molar-refractivity contribution in [1.29, 1.82) is 0 Å². The molecule has 2 aromatic heterocycles. The fourth-order valence-electron chi connectivity index (χ4n) is 2.91. The summed E-state index contributed by atoms with van der Waals surface area (Å²) in [5.41, 5.74) is 3.29. The molecule has 2 heterocycles. The van der Waals surface area contributed by atoms with E-state index in [1.54, 1.807) is 17.3 Å². The second-order valence-electron chi connectivity index (χ2n) is 5.65. The molecule has 122 valence electrons. The molecule has 0 saturated carbocycles. The second-order valence-corrected chi connectivity index (χ2v) is 5.65. The maximum atomic E-state index is 13.0. The van der Waals surface area contributed by atoms with Gasteiger partial charge in [0.15, 0.2) is 0 Å². The van der Waals surface area contributed by atoms with Gasteiger partial charge in [0, 0.05) is 25.0 Å². The fourth-order valence-corrected chi connectivity index (χ4v) is 2.91. The van der Waals surface area contributed by atoms with Crippen LogP contribution in [0, 0.1) is 0 Å². The van der Waals surface area contributed by atoms with E-state index in [1.807, 2.05) is 55.7 Å². The summed E-state index contributed by atoms with van der Waals surface area (Å²) >= 11 is 0. The van der Waals surface area contributed by atoms with Crippen LogP contribution in [0.2, 0.25) is 0 Å². The summed E-state index contributed by atoms with van der Waals surface area (Å²) in [6.45, 7) is 2.06. The molecule has 0 aliphatic heterocycles. The van der Waals surface area contributed by atoms with Gasteiger partial charge in [-0.2, -0.15) is 5.10 Å². The minimum Gasteiger partial charge on any atom is -0.335 e. The van der Waals surface area contributed by atoms with Gasteiger partial charge in [0.25, 0.3) is 5.91 Å². The third-order valence-corrected chi connectivity index (χ3v) is 4.18. The smallest absolute Gasteiger partial charge is 0.257 e. The van der Waals surface area contributed by atoms with E-state index < -0.39 is 0 Å². The Labute approximate surface area is 141 Å². The molecule has 1 aromatic carbocycles. The number of aromatic amines is 1. The van der Waals surface area contributed by atoms with Crippen LogP contribution >= 0.6 is 0 Å². The molecular formula is C19H20N4O. The second kappa shape index (κ2) is 7.08. The molecule has 0 fully saturated rings. The number of carbonyl (C=O) groups excluding carboxylic acids is 1. The number of pyridine rings is 1. The van der Waals surface area contributed by atoms with E-state index in [4.69, 9.17) is 0 Å². The number of amides is 1. The fraction of sp³-hybridized carbons (Fsp3) is 0.211. The molecule has 24 heavy (non-hydrogen) atoms. The minimum absolute atomic E-state index is 0.0234. The van der Waals surface area contributed by atoms with Gasteiger partial charge in [0.1, 0.15) is 0 Å². The standard InChI is InChI=1S/C19H20N4O/c1-3-17(15-10-7-11-20-12-15)23(2)19(24)16-13-21-22-18(16)14-8-5-4-6-9-14/h4-13,17H,3H2,1-2H3,(H,21,22)/t17-/m1/s1. The molecule has 3 aromatic rings. The molecule has 5 nitrogen and oxygen atoms in total. The lowest BCUT2D eigenvalue weighted by atomic mass is 10.0. The summed E-state index contributed by atoms with van der Waals surface area (Å²) in [6.07, 6.45) is 5.95. The number of nitrogens with zero attached hydrogens (tertiary/aromatic N) is 3. The first-order valence-corrected chi connectivity index (χ1v) is 7.98. The van der Waals surface area contributed by atoms with E-state index in [0.717, 1.165) is 23.2 Å². The van der Waals surface area contributed by atoms with E-state index >= 15 is 0 Å². The third kappa shape index (κ3) is 3.06. The molecular weight excluding hydrogens is 300 g/mol. The van der Waals surface area contributed by atoms with Crippen molar-refractivity contribution in [2.75, 3.05) is 7.05 Å². The lowest BCUT2D eigenvalue weighted by molar-refractivity contribution is 0.0727. The SMILES string of the molecule is CC[C@H](c1cccnc1)N(C)C(=O)c1cn[nH]c1-c1ccccc1. The Balaban J connectivity index is 1.91. The molecule has 0 bridgehead atoms. The summed E-state index contributed by atoms with van der Waals surface area (Å²) in [6, 6.07) is 13.6. The highest BCUT2D eigenvalue weighted by Gasteiger charge is 2.24. The normalized spacial score (nSPS) is 11.9. The van der Waals surface area contributed by atoms with Crippen LogP contribution in [0.15, 0.2) is 61.1 Å². The Morgan fingerprint density at radius 1 is 1.17 bits per heavy atom. The van der Waals surface area contributed by atoms with Gasteiger partial charge in [-0.15, -0.1) is 0 Å². The summed E-state index contributed by atoms with van der Waals surface area (Å²) in [5.74, 6) is -0.0571. The highest BCUT2D eigenvalue weighted by Crippen LogP contribution is 2.27. The average molecular weight is 320 g/mol. The zero-order chi connectivity index (χ0) is 16.9. The molecule has 3 rings (SSSR count). The van der Waals surface area contributed by atoms with Crippen LogP contribution in [-0.2, 0) is 0 Å². The summed E-state index contributed by atoms with van der Waals surface area (Å²) < 4.78 is 0. The van der Waals surface area contributed by atoms with Crippen molar-refractivity contribution in [3.8, 4) is 11.3 Å². The molecule has 0 unspecified atom stereocenters. The van der Waals surface area contributed by atoms with Gasteiger partial charge in [-0.3, -0.25) is 14.9 Å². The Bertz CT molecular complexity index is 799. The van der Waals surface area contributed by atoms with Gasteiger partial charge in [-0.05, 0) is 18.1 Å². The molecule has 0 spiro atoms. The van der Waals surface area contributed by atoms with Gasteiger partial charge in [-0.1, -0.05) is 43.3 Å². The van der Waals surface area contributed by atoms with Gasteiger partial charge >= 0.3 is 0 Å². The molecule has 5 heteroatoms.